The normalized spacial score (nSPS) is 16.5. The summed E-state index contributed by atoms with van der Waals surface area (Å²) in [7, 11) is 0.949. The smallest absolute Gasteiger partial charge is 0.310 e. The molecule has 1 N–H and O–H groups in total. The summed E-state index contributed by atoms with van der Waals surface area (Å²) >= 11 is 6.54. The van der Waals surface area contributed by atoms with Gasteiger partial charge in [-0.15, -0.1) is 5.10 Å². The molecule has 1 aliphatic heterocycles. The molecule has 2 aromatic carbocycles. The Kier molecular flexibility index (Phi) is 4.91. The van der Waals surface area contributed by atoms with E-state index in [4.69, 9.17) is 16.3 Å². The number of thiol groups is 1. The Balaban J connectivity index is 1.86. The van der Waals surface area contributed by atoms with Gasteiger partial charge in [0.05, 0.1) is 11.6 Å². The third-order valence-electron chi connectivity index (χ3n) is 4.87. The van der Waals surface area contributed by atoms with Crippen LogP contribution < -0.4 is 4.74 Å². The molecule has 3 aromatic rings. The summed E-state index contributed by atoms with van der Waals surface area (Å²) in [5.74, 6) is 0.148. The number of benzene rings is 2. The molecular formula is C20H20ClN3O3S. The largest absolute Gasteiger partial charge is 0.426 e. The van der Waals surface area contributed by atoms with Gasteiger partial charge >= 0.3 is 5.97 Å². The maximum atomic E-state index is 11.8. The van der Waals surface area contributed by atoms with Crippen molar-refractivity contribution < 1.29 is 14.6 Å². The number of hydrogen-bond acceptors (Lipinski definition) is 5. The number of fused-ring (bicyclic) bond motifs is 2. The SMILES string of the molecule is CCC(=O)Oc1cc(CO)c2c(c1)[SH](c1cc(Cl)c3c(nnn3C)c1C)C=C2. The fourth-order valence-electron chi connectivity index (χ4n) is 3.44. The molecule has 4 rings (SSSR count). The average molecular weight is 418 g/mol. The van der Waals surface area contributed by atoms with Crippen molar-refractivity contribution in [3.63, 3.8) is 0 Å². The monoisotopic (exact) mass is 417 g/mol. The van der Waals surface area contributed by atoms with E-state index in [1.54, 1.807) is 17.7 Å². The van der Waals surface area contributed by atoms with Crippen molar-refractivity contribution in [2.24, 2.45) is 7.05 Å². The molecule has 0 bridgehead atoms. The number of aliphatic hydroxyl groups excluding tert-OH is 1. The minimum absolute atomic E-state index is 0.129. The first-order valence-corrected chi connectivity index (χ1v) is 10.7. The summed E-state index contributed by atoms with van der Waals surface area (Å²) in [5.41, 5.74) is 4.33. The maximum Gasteiger partial charge on any atom is 0.310 e. The Morgan fingerprint density at radius 3 is 2.82 bits per heavy atom. The van der Waals surface area contributed by atoms with Gasteiger partial charge in [0.25, 0.3) is 0 Å². The number of esters is 1. The van der Waals surface area contributed by atoms with Gasteiger partial charge < -0.3 is 9.84 Å². The van der Waals surface area contributed by atoms with Crippen LogP contribution in [0.2, 0.25) is 5.02 Å². The Hall–Kier alpha value is -2.35. The highest BCUT2D eigenvalue weighted by atomic mass is 35.5. The lowest BCUT2D eigenvalue weighted by Crippen LogP contribution is -2.06. The predicted octanol–water partition coefficient (Wildman–Crippen LogP) is 4.14. The fraction of sp³-hybridized carbons (Fsp3) is 0.250. The number of rotatable bonds is 4. The number of halogens is 1. The molecule has 1 unspecified atom stereocenters. The number of nitrogens with zero attached hydrogens (tertiary/aromatic N) is 3. The van der Waals surface area contributed by atoms with E-state index in [9.17, 15) is 9.90 Å². The summed E-state index contributed by atoms with van der Waals surface area (Å²) in [4.78, 5) is 13.9. The van der Waals surface area contributed by atoms with E-state index in [1.165, 1.54) is 0 Å². The van der Waals surface area contributed by atoms with Gasteiger partial charge in [0.2, 0.25) is 0 Å². The van der Waals surface area contributed by atoms with Crippen molar-refractivity contribution in [3.05, 3.63) is 45.3 Å². The van der Waals surface area contributed by atoms with E-state index >= 15 is 0 Å². The van der Waals surface area contributed by atoms with Gasteiger partial charge in [-0.3, -0.25) is 4.79 Å². The fourth-order valence-corrected chi connectivity index (χ4v) is 6.19. The molecule has 146 valence electrons. The first kappa shape index (κ1) is 19.0. The van der Waals surface area contributed by atoms with Crippen LogP contribution in [0.3, 0.4) is 0 Å². The quantitative estimate of drug-likeness (QED) is 0.379. The van der Waals surface area contributed by atoms with Gasteiger partial charge in [-0.25, -0.2) is 4.68 Å². The van der Waals surface area contributed by atoms with Crippen LogP contribution in [-0.2, 0) is 18.4 Å². The molecule has 1 atom stereocenters. The van der Waals surface area contributed by atoms with Gasteiger partial charge in [-0.1, -0.05) is 23.7 Å². The molecular weight excluding hydrogens is 398 g/mol. The Morgan fingerprint density at radius 2 is 2.11 bits per heavy atom. The van der Waals surface area contributed by atoms with Crippen molar-refractivity contribution in [1.82, 2.24) is 15.0 Å². The second kappa shape index (κ2) is 7.24. The standard InChI is InChI=1S/C20H20ClN3O3S/c1-4-18(26)27-13-7-12(10-25)14-5-6-28(17(14)8-13)16-9-15(21)20-19(11(16)2)22-23-24(20)3/h5-9,25,28H,4,10H2,1-3H3. The first-order chi connectivity index (χ1) is 13.4. The lowest BCUT2D eigenvalue weighted by Gasteiger charge is -2.21. The van der Waals surface area contributed by atoms with Crippen molar-refractivity contribution in [2.75, 3.05) is 0 Å². The molecule has 6 nitrogen and oxygen atoms in total. The highest BCUT2D eigenvalue weighted by molar-refractivity contribution is 8.20. The zero-order chi connectivity index (χ0) is 20.0. The number of carbonyl (C=O) groups is 1. The van der Waals surface area contributed by atoms with Crippen LogP contribution in [0, 0.1) is 6.92 Å². The molecule has 0 saturated carbocycles. The molecule has 0 amide bonds. The molecule has 0 radical (unpaired) electrons. The maximum absolute atomic E-state index is 11.8. The van der Waals surface area contributed by atoms with Crippen molar-refractivity contribution >= 4 is 45.6 Å². The topological polar surface area (TPSA) is 77.2 Å². The summed E-state index contributed by atoms with van der Waals surface area (Å²) in [6.07, 6.45) is 2.31. The molecule has 0 saturated heterocycles. The van der Waals surface area contributed by atoms with Gasteiger partial charge in [0.15, 0.2) is 0 Å². The molecule has 0 fully saturated rings. The summed E-state index contributed by atoms with van der Waals surface area (Å²) < 4.78 is 7.10. The van der Waals surface area contributed by atoms with Crippen molar-refractivity contribution in [1.29, 1.82) is 0 Å². The number of aryl methyl sites for hydroxylation is 2. The lowest BCUT2D eigenvalue weighted by atomic mass is 10.1. The molecule has 28 heavy (non-hydrogen) atoms. The van der Waals surface area contributed by atoms with Gasteiger partial charge in [-0.2, -0.15) is 10.9 Å². The van der Waals surface area contributed by atoms with Crippen LogP contribution in [0.1, 0.15) is 30.0 Å². The lowest BCUT2D eigenvalue weighted by molar-refractivity contribution is -0.134. The third kappa shape index (κ3) is 2.99. The number of aromatic nitrogens is 3. The number of ether oxygens (including phenoxy) is 1. The van der Waals surface area contributed by atoms with Crippen LogP contribution >= 0.6 is 22.5 Å². The average Bonchev–Trinajstić information content (AvgIpc) is 3.28. The molecule has 1 aromatic heterocycles. The third-order valence-corrected chi connectivity index (χ3v) is 7.48. The molecule has 0 spiro atoms. The van der Waals surface area contributed by atoms with Crippen LogP contribution in [0.4, 0.5) is 0 Å². The van der Waals surface area contributed by atoms with Gasteiger partial charge in [0, 0.05) is 23.3 Å². The van der Waals surface area contributed by atoms with Crippen LogP contribution in [0.5, 0.6) is 5.75 Å². The van der Waals surface area contributed by atoms with Crippen molar-refractivity contribution in [3.8, 4) is 5.75 Å². The number of aliphatic hydroxyl groups is 1. The van der Waals surface area contributed by atoms with E-state index in [-0.39, 0.29) is 19.0 Å². The minimum Gasteiger partial charge on any atom is -0.426 e. The Morgan fingerprint density at radius 1 is 1.32 bits per heavy atom. The van der Waals surface area contributed by atoms with Crippen molar-refractivity contribution in [2.45, 2.75) is 36.7 Å². The van der Waals surface area contributed by atoms with E-state index in [0.717, 1.165) is 37.5 Å². The predicted molar refractivity (Wildman–Crippen MR) is 111 cm³/mol. The Bertz CT molecular complexity index is 1140. The Labute approximate surface area is 170 Å². The van der Waals surface area contributed by atoms with Gasteiger partial charge in [0.1, 0.15) is 16.8 Å². The summed E-state index contributed by atoms with van der Waals surface area (Å²) in [6, 6.07) is 5.58. The number of hydrogen-bond donors (Lipinski definition) is 2. The highest BCUT2D eigenvalue weighted by Crippen LogP contribution is 2.56. The minimum atomic E-state index is -0.869. The first-order valence-electron chi connectivity index (χ1n) is 8.89. The zero-order valence-corrected chi connectivity index (χ0v) is 17.4. The second-order valence-corrected chi connectivity index (χ2v) is 9.01. The van der Waals surface area contributed by atoms with Crippen LogP contribution in [-0.4, -0.2) is 26.1 Å². The van der Waals surface area contributed by atoms with E-state index in [1.807, 2.05) is 32.2 Å². The van der Waals surface area contributed by atoms with E-state index in [2.05, 4.69) is 15.7 Å². The molecule has 8 heteroatoms. The second-order valence-electron chi connectivity index (χ2n) is 6.60. The zero-order valence-electron chi connectivity index (χ0n) is 15.7. The molecule has 2 heterocycles. The molecule has 0 aliphatic carbocycles. The highest BCUT2D eigenvalue weighted by Gasteiger charge is 2.24. The van der Waals surface area contributed by atoms with Crippen LogP contribution in [0.15, 0.2) is 33.4 Å². The van der Waals surface area contributed by atoms with E-state index < -0.39 is 10.9 Å². The van der Waals surface area contributed by atoms with Crippen LogP contribution in [0.25, 0.3) is 17.1 Å². The summed E-state index contributed by atoms with van der Waals surface area (Å²) in [6.45, 7) is 3.64. The number of carbonyl (C=O) groups excluding carboxylic acids is 1. The summed E-state index contributed by atoms with van der Waals surface area (Å²) in [5, 5.41) is 20.9. The van der Waals surface area contributed by atoms with Gasteiger partial charge in [-0.05, 0) is 53.3 Å². The molecule has 1 aliphatic rings. The van der Waals surface area contributed by atoms with E-state index in [0.29, 0.717) is 10.8 Å².